The molecule has 0 fully saturated rings. The van der Waals surface area contributed by atoms with Crippen molar-refractivity contribution in [1.29, 1.82) is 0 Å². The van der Waals surface area contributed by atoms with E-state index in [1.165, 1.54) is 26.4 Å². The standard InChI is InChI=1S/C28H28NOS.C13H24O2.Ir/c1-27(2,3)16-19-15-23-25(30-19)21-11-12-29-24(26(21)31-23)18-13-17-9-7-8-10-20(17)22(14-18)28(4,5)6;1-5-10(6-2)12(14)9-13(15)11(7-3)8-4;/h7-12,14-15H,16H2,1-6H3;9-11,14H,5-8H2,1-4H3;/q-1;;/b;12-9-;. The van der Waals surface area contributed by atoms with Gasteiger partial charge in [-0.2, -0.15) is 0 Å². The van der Waals surface area contributed by atoms with Gasteiger partial charge in [-0.25, -0.2) is 0 Å². The van der Waals surface area contributed by atoms with Crippen LogP contribution in [0.25, 0.3) is 42.4 Å². The van der Waals surface area contributed by atoms with Gasteiger partial charge in [0.15, 0.2) is 11.4 Å². The molecule has 5 aromatic rings. The minimum Gasteiger partial charge on any atom is -0.512 e. The second-order valence-electron chi connectivity index (χ2n) is 14.7. The number of furan rings is 1. The van der Waals surface area contributed by atoms with Crippen LogP contribution < -0.4 is 0 Å². The maximum atomic E-state index is 11.7. The van der Waals surface area contributed by atoms with E-state index in [0.717, 1.165) is 65.5 Å². The molecule has 0 aliphatic heterocycles. The molecule has 0 aliphatic carbocycles. The molecule has 6 heteroatoms. The van der Waals surface area contributed by atoms with Gasteiger partial charge < -0.3 is 9.52 Å². The summed E-state index contributed by atoms with van der Waals surface area (Å²) in [4.78, 5) is 16.5. The van der Waals surface area contributed by atoms with E-state index >= 15 is 0 Å². The molecule has 4 nitrogen and oxygen atoms in total. The van der Waals surface area contributed by atoms with Gasteiger partial charge in [-0.3, -0.25) is 9.78 Å². The maximum absolute atomic E-state index is 11.7. The topological polar surface area (TPSA) is 63.3 Å². The first kappa shape index (κ1) is 38.7. The molecular formula is C41H52IrNO3S-. The summed E-state index contributed by atoms with van der Waals surface area (Å²) in [5.74, 6) is 1.60. The van der Waals surface area contributed by atoms with Crippen LogP contribution in [0.4, 0.5) is 0 Å². The van der Waals surface area contributed by atoms with Crippen LogP contribution in [-0.2, 0) is 36.7 Å². The third-order valence-electron chi connectivity index (χ3n) is 8.74. The summed E-state index contributed by atoms with van der Waals surface area (Å²) in [5, 5.41) is 13.3. The number of ketones is 1. The van der Waals surface area contributed by atoms with Gasteiger partial charge in [-0.15, -0.1) is 40.5 Å². The number of aromatic nitrogens is 1. The Morgan fingerprint density at radius 3 is 2.17 bits per heavy atom. The van der Waals surface area contributed by atoms with Crippen molar-refractivity contribution in [3.63, 3.8) is 0 Å². The van der Waals surface area contributed by atoms with Crippen molar-refractivity contribution in [3.05, 3.63) is 77.9 Å². The molecule has 47 heavy (non-hydrogen) atoms. The number of rotatable bonds is 9. The Labute approximate surface area is 299 Å². The third-order valence-corrected chi connectivity index (χ3v) is 9.88. The molecular weight excluding hydrogens is 779 g/mol. The summed E-state index contributed by atoms with van der Waals surface area (Å²) in [6.45, 7) is 21.6. The number of carbonyl (C=O) groups is 1. The number of pyridine rings is 1. The minimum absolute atomic E-state index is 0. The van der Waals surface area contributed by atoms with Gasteiger partial charge in [0.05, 0.1) is 10.5 Å². The molecule has 255 valence electrons. The molecule has 1 N–H and O–H groups in total. The molecule has 0 aliphatic rings. The number of benzene rings is 2. The molecule has 1 radical (unpaired) electrons. The van der Waals surface area contributed by atoms with Crippen LogP contribution in [0.1, 0.15) is 106 Å². The summed E-state index contributed by atoms with van der Waals surface area (Å²) in [7, 11) is 0. The van der Waals surface area contributed by atoms with Crippen LogP contribution >= 0.6 is 11.3 Å². The molecule has 3 heterocycles. The molecule has 0 bridgehead atoms. The van der Waals surface area contributed by atoms with Crippen molar-refractivity contribution < 1.29 is 34.4 Å². The van der Waals surface area contributed by atoms with Crippen LogP contribution in [0.5, 0.6) is 0 Å². The van der Waals surface area contributed by atoms with E-state index in [4.69, 9.17) is 9.40 Å². The number of aliphatic hydroxyl groups is 1. The zero-order valence-corrected chi connectivity index (χ0v) is 33.1. The van der Waals surface area contributed by atoms with Crippen LogP contribution in [0.2, 0.25) is 0 Å². The van der Waals surface area contributed by atoms with Gasteiger partial charge in [0.1, 0.15) is 5.76 Å². The van der Waals surface area contributed by atoms with Crippen LogP contribution in [0, 0.1) is 23.3 Å². The number of thiophene rings is 1. The molecule has 0 saturated carbocycles. The summed E-state index contributed by atoms with van der Waals surface area (Å²) >= 11 is 1.77. The van der Waals surface area contributed by atoms with Crippen LogP contribution in [0.3, 0.4) is 0 Å². The van der Waals surface area contributed by atoms with Crippen molar-refractivity contribution in [2.24, 2.45) is 17.3 Å². The van der Waals surface area contributed by atoms with E-state index in [1.54, 1.807) is 11.3 Å². The molecule has 0 amide bonds. The quantitative estimate of drug-likeness (QED) is 0.0913. The summed E-state index contributed by atoms with van der Waals surface area (Å²) in [6.07, 6.45) is 7.74. The number of fused-ring (bicyclic) bond motifs is 4. The summed E-state index contributed by atoms with van der Waals surface area (Å²) in [5.41, 5.74) is 4.58. The second kappa shape index (κ2) is 16.1. The number of aliphatic hydroxyl groups excluding tert-OH is 1. The van der Waals surface area contributed by atoms with Crippen molar-refractivity contribution in [2.75, 3.05) is 0 Å². The molecule has 0 atom stereocenters. The van der Waals surface area contributed by atoms with E-state index in [9.17, 15) is 9.90 Å². The second-order valence-corrected chi connectivity index (χ2v) is 15.7. The monoisotopic (exact) mass is 831 g/mol. The van der Waals surface area contributed by atoms with Crippen molar-refractivity contribution in [2.45, 2.75) is 107 Å². The largest absolute Gasteiger partial charge is 0.512 e. The number of hydrogen-bond acceptors (Lipinski definition) is 5. The first-order chi connectivity index (χ1) is 21.7. The zero-order chi connectivity index (χ0) is 33.8. The van der Waals surface area contributed by atoms with Gasteiger partial charge in [-0.1, -0.05) is 98.4 Å². The molecule has 0 spiro atoms. The van der Waals surface area contributed by atoms with Crippen molar-refractivity contribution in [1.82, 2.24) is 4.98 Å². The SMILES string of the molecule is CC(C)(C)Cc1cc2sc3c(-c4[c-]c5ccccc5c(C(C)(C)C)c4)nccc3c2o1.CCC(CC)C(=O)/C=C(\O)C(CC)CC.[Ir]. The van der Waals surface area contributed by atoms with Gasteiger partial charge in [0, 0.05) is 66.4 Å². The average molecular weight is 831 g/mol. The van der Waals surface area contributed by atoms with E-state index in [2.05, 4.69) is 90.1 Å². The Bertz CT molecular complexity index is 1820. The van der Waals surface area contributed by atoms with Crippen LogP contribution in [-0.4, -0.2) is 15.9 Å². The first-order valence-corrected chi connectivity index (χ1v) is 17.7. The molecule has 2 aromatic carbocycles. The third kappa shape index (κ3) is 9.22. The summed E-state index contributed by atoms with van der Waals surface area (Å²) < 4.78 is 8.67. The Morgan fingerprint density at radius 1 is 0.936 bits per heavy atom. The van der Waals surface area contributed by atoms with E-state index in [-0.39, 0.29) is 54.3 Å². The number of carbonyl (C=O) groups excluding carboxylic acids is 1. The Morgan fingerprint density at radius 2 is 1.57 bits per heavy atom. The summed E-state index contributed by atoms with van der Waals surface area (Å²) in [6, 6.07) is 18.7. The van der Waals surface area contributed by atoms with Crippen LogP contribution in [0.15, 0.2) is 64.9 Å². The average Bonchev–Trinajstić information content (AvgIpc) is 3.53. The maximum Gasteiger partial charge on any atom is 0.162 e. The Balaban J connectivity index is 0.000000322. The van der Waals surface area contributed by atoms with Gasteiger partial charge in [-0.05, 0) is 48.6 Å². The molecule has 3 aromatic heterocycles. The Hall–Kier alpha value is -2.79. The van der Waals surface area contributed by atoms with Crippen molar-refractivity contribution in [3.8, 4) is 11.3 Å². The number of hydrogen-bond donors (Lipinski definition) is 1. The number of nitrogens with zero attached hydrogens (tertiary/aromatic N) is 1. The Kier molecular flexibility index (Phi) is 13.2. The molecule has 0 saturated heterocycles. The predicted octanol–water partition coefficient (Wildman–Crippen LogP) is 12.4. The first-order valence-electron chi connectivity index (χ1n) is 16.9. The number of allylic oxidation sites excluding steroid dienone is 2. The molecule has 5 rings (SSSR count). The smallest absolute Gasteiger partial charge is 0.162 e. The fourth-order valence-electron chi connectivity index (χ4n) is 6.09. The zero-order valence-electron chi connectivity index (χ0n) is 29.8. The predicted molar refractivity (Wildman–Crippen MR) is 197 cm³/mol. The minimum atomic E-state index is 0. The fourth-order valence-corrected chi connectivity index (χ4v) is 7.27. The normalized spacial score (nSPS) is 12.6. The van der Waals surface area contributed by atoms with Gasteiger partial charge in [0.25, 0.3) is 0 Å². The van der Waals surface area contributed by atoms with Gasteiger partial charge in [0.2, 0.25) is 0 Å². The van der Waals surface area contributed by atoms with Crippen molar-refractivity contribution >= 4 is 48.3 Å². The van der Waals surface area contributed by atoms with E-state index in [0.29, 0.717) is 0 Å². The van der Waals surface area contributed by atoms with E-state index in [1.807, 2.05) is 33.9 Å². The van der Waals surface area contributed by atoms with E-state index < -0.39 is 0 Å². The molecule has 0 unspecified atom stereocenters. The fraction of sp³-hybridized carbons (Fsp3) is 0.463. The van der Waals surface area contributed by atoms with Gasteiger partial charge >= 0.3 is 0 Å².